The summed E-state index contributed by atoms with van der Waals surface area (Å²) in [5.41, 5.74) is 3.17. The molecule has 0 aromatic heterocycles. The molecular formula is C32H31ClN2O7S. The van der Waals surface area contributed by atoms with Crippen LogP contribution in [-0.2, 0) is 20.9 Å². The van der Waals surface area contributed by atoms with Crippen LogP contribution in [0.1, 0.15) is 46.8 Å². The van der Waals surface area contributed by atoms with Gasteiger partial charge in [0, 0.05) is 5.69 Å². The van der Waals surface area contributed by atoms with E-state index in [1.54, 1.807) is 24.3 Å². The highest BCUT2D eigenvalue weighted by molar-refractivity contribution is 8.18. The molecule has 3 aromatic carbocycles. The van der Waals surface area contributed by atoms with E-state index in [-0.39, 0.29) is 27.8 Å². The standard InChI is InChI=1S/C32H31ClN2O7S/c1-4-5-14-41-31(38)24-17-23(11-12-25(24)33)34-29(36)18-35-30(37)28(43-32(35)39)16-22-10-13-26(27(15-22)40-3)42-19-21-8-6-20(2)7-9-21/h6-13,15-17H,4-5,14,18-19H2,1-3H3,(H,34,36)/b28-16+. The van der Waals surface area contributed by atoms with Crippen LogP contribution < -0.4 is 14.8 Å². The molecule has 0 unspecified atom stereocenters. The third-order valence-corrected chi connectivity index (χ3v) is 7.61. The number of methoxy groups -OCH3 is 1. The van der Waals surface area contributed by atoms with Gasteiger partial charge in [-0.05, 0) is 72.6 Å². The van der Waals surface area contributed by atoms with Crippen molar-refractivity contribution in [1.29, 1.82) is 0 Å². The normalized spacial score (nSPS) is 13.8. The van der Waals surface area contributed by atoms with Gasteiger partial charge in [0.2, 0.25) is 5.91 Å². The summed E-state index contributed by atoms with van der Waals surface area (Å²) in [5, 5.41) is 2.20. The first kappa shape index (κ1) is 31.7. The van der Waals surface area contributed by atoms with Gasteiger partial charge in [0.1, 0.15) is 13.2 Å². The van der Waals surface area contributed by atoms with Crippen molar-refractivity contribution in [2.75, 3.05) is 25.6 Å². The van der Waals surface area contributed by atoms with Gasteiger partial charge in [-0.2, -0.15) is 0 Å². The van der Waals surface area contributed by atoms with Crippen molar-refractivity contribution in [2.24, 2.45) is 0 Å². The molecule has 0 bridgehead atoms. The Hall–Kier alpha value is -4.28. The zero-order valence-corrected chi connectivity index (χ0v) is 25.5. The molecule has 3 amide bonds. The van der Waals surface area contributed by atoms with E-state index < -0.39 is 29.6 Å². The number of rotatable bonds is 12. The number of benzene rings is 3. The number of amides is 3. The molecule has 3 aromatic rings. The molecule has 0 saturated carbocycles. The molecule has 0 aliphatic carbocycles. The molecule has 224 valence electrons. The van der Waals surface area contributed by atoms with Crippen LogP contribution in [-0.4, -0.2) is 48.2 Å². The van der Waals surface area contributed by atoms with Gasteiger partial charge in [-0.25, -0.2) is 4.79 Å². The van der Waals surface area contributed by atoms with Crippen LogP contribution >= 0.6 is 23.4 Å². The Labute approximate surface area is 259 Å². The summed E-state index contributed by atoms with van der Waals surface area (Å²) in [7, 11) is 1.52. The number of thioether (sulfide) groups is 1. The smallest absolute Gasteiger partial charge is 0.339 e. The molecule has 0 radical (unpaired) electrons. The van der Waals surface area contributed by atoms with E-state index in [0.717, 1.165) is 34.2 Å². The predicted molar refractivity (Wildman–Crippen MR) is 166 cm³/mol. The van der Waals surface area contributed by atoms with E-state index in [0.29, 0.717) is 30.1 Å². The molecule has 0 atom stereocenters. The van der Waals surface area contributed by atoms with E-state index in [1.165, 1.54) is 25.3 Å². The van der Waals surface area contributed by atoms with Crippen molar-refractivity contribution in [3.8, 4) is 11.5 Å². The highest BCUT2D eigenvalue weighted by Gasteiger charge is 2.36. The largest absolute Gasteiger partial charge is 0.493 e. The summed E-state index contributed by atoms with van der Waals surface area (Å²) in [4.78, 5) is 51.8. The fourth-order valence-electron chi connectivity index (χ4n) is 4.02. The van der Waals surface area contributed by atoms with Gasteiger partial charge in [0.15, 0.2) is 11.5 Å². The first-order valence-electron chi connectivity index (χ1n) is 13.6. The number of hydrogen-bond acceptors (Lipinski definition) is 8. The first-order chi connectivity index (χ1) is 20.7. The number of anilines is 1. The number of imide groups is 1. The van der Waals surface area contributed by atoms with Crippen molar-refractivity contribution >= 4 is 58.1 Å². The zero-order chi connectivity index (χ0) is 30.9. The van der Waals surface area contributed by atoms with Gasteiger partial charge in [-0.15, -0.1) is 0 Å². The van der Waals surface area contributed by atoms with E-state index >= 15 is 0 Å². The minimum absolute atomic E-state index is 0.103. The lowest BCUT2D eigenvalue weighted by molar-refractivity contribution is -0.127. The number of carbonyl (C=O) groups is 4. The van der Waals surface area contributed by atoms with Gasteiger partial charge in [-0.1, -0.05) is 60.8 Å². The maximum Gasteiger partial charge on any atom is 0.339 e. The Morgan fingerprint density at radius 3 is 2.51 bits per heavy atom. The number of aryl methyl sites for hydroxylation is 1. The van der Waals surface area contributed by atoms with Crippen LogP contribution in [0.2, 0.25) is 5.02 Å². The third kappa shape index (κ3) is 8.39. The summed E-state index contributed by atoms with van der Waals surface area (Å²) in [5.74, 6) is -0.818. The number of unbranched alkanes of at least 4 members (excludes halogenated alkanes) is 1. The maximum absolute atomic E-state index is 13.0. The van der Waals surface area contributed by atoms with E-state index in [1.807, 2.05) is 38.1 Å². The Morgan fingerprint density at radius 2 is 1.79 bits per heavy atom. The number of esters is 1. The summed E-state index contributed by atoms with van der Waals surface area (Å²) in [6.45, 7) is 4.10. The molecule has 11 heteroatoms. The van der Waals surface area contributed by atoms with Crippen molar-refractivity contribution < 1.29 is 33.4 Å². The van der Waals surface area contributed by atoms with Gasteiger partial charge in [-0.3, -0.25) is 19.3 Å². The van der Waals surface area contributed by atoms with Crippen molar-refractivity contribution in [2.45, 2.75) is 33.3 Å². The number of halogens is 1. The van der Waals surface area contributed by atoms with E-state index in [2.05, 4.69) is 5.32 Å². The van der Waals surface area contributed by atoms with E-state index in [4.69, 9.17) is 25.8 Å². The van der Waals surface area contributed by atoms with Crippen LogP contribution in [0, 0.1) is 6.92 Å². The Kier molecular flexibility index (Phi) is 10.9. The second-order valence-corrected chi connectivity index (χ2v) is 11.1. The van der Waals surface area contributed by atoms with Crippen molar-refractivity contribution in [3.05, 3.63) is 92.8 Å². The van der Waals surface area contributed by atoms with Gasteiger partial charge in [0.05, 0.1) is 29.2 Å². The predicted octanol–water partition coefficient (Wildman–Crippen LogP) is 6.87. The molecular weight excluding hydrogens is 592 g/mol. The molecule has 1 fully saturated rings. The lowest BCUT2D eigenvalue weighted by atomic mass is 10.1. The van der Waals surface area contributed by atoms with Crippen LogP contribution in [0.25, 0.3) is 6.08 Å². The average Bonchev–Trinajstić information content (AvgIpc) is 3.25. The van der Waals surface area contributed by atoms with Gasteiger partial charge in [0.25, 0.3) is 11.1 Å². The Morgan fingerprint density at radius 1 is 1.02 bits per heavy atom. The summed E-state index contributed by atoms with van der Waals surface area (Å²) >= 11 is 6.87. The third-order valence-electron chi connectivity index (χ3n) is 6.38. The molecule has 1 saturated heterocycles. The second kappa shape index (κ2) is 14.8. The molecule has 4 rings (SSSR count). The highest BCUT2D eigenvalue weighted by Crippen LogP contribution is 2.35. The topological polar surface area (TPSA) is 111 Å². The fraction of sp³-hybridized carbons (Fsp3) is 0.250. The minimum atomic E-state index is -0.618. The molecule has 1 aliphatic heterocycles. The number of carbonyl (C=O) groups excluding carboxylic acids is 4. The number of nitrogens with zero attached hydrogens (tertiary/aromatic N) is 1. The SMILES string of the molecule is CCCCOC(=O)c1cc(NC(=O)CN2C(=O)S/C(=C/c3ccc(OCc4ccc(C)cc4)c(OC)c3)C2=O)ccc1Cl. The molecule has 0 spiro atoms. The number of nitrogens with one attached hydrogen (secondary N) is 1. The quantitative estimate of drug-likeness (QED) is 0.132. The van der Waals surface area contributed by atoms with Crippen LogP contribution in [0.3, 0.4) is 0 Å². The van der Waals surface area contributed by atoms with Gasteiger partial charge >= 0.3 is 5.97 Å². The number of hydrogen-bond donors (Lipinski definition) is 1. The summed E-state index contributed by atoms with van der Waals surface area (Å²) in [6.07, 6.45) is 3.14. The molecule has 1 aliphatic rings. The lowest BCUT2D eigenvalue weighted by Gasteiger charge is -2.13. The zero-order valence-electron chi connectivity index (χ0n) is 24.0. The first-order valence-corrected chi connectivity index (χ1v) is 14.8. The van der Waals surface area contributed by atoms with Crippen LogP contribution in [0.4, 0.5) is 10.5 Å². The summed E-state index contributed by atoms with van der Waals surface area (Å²) in [6, 6.07) is 17.6. The lowest BCUT2D eigenvalue weighted by Crippen LogP contribution is -2.36. The highest BCUT2D eigenvalue weighted by atomic mass is 35.5. The Bertz CT molecular complexity index is 1560. The second-order valence-electron chi connectivity index (χ2n) is 9.68. The number of ether oxygens (including phenoxy) is 3. The molecule has 43 heavy (non-hydrogen) atoms. The van der Waals surface area contributed by atoms with Gasteiger partial charge < -0.3 is 19.5 Å². The Balaban J connectivity index is 1.39. The molecule has 1 N–H and O–H groups in total. The molecule has 1 heterocycles. The van der Waals surface area contributed by atoms with Crippen LogP contribution in [0.15, 0.2) is 65.6 Å². The maximum atomic E-state index is 13.0. The summed E-state index contributed by atoms with van der Waals surface area (Å²) < 4.78 is 16.6. The monoisotopic (exact) mass is 622 g/mol. The molecule has 9 nitrogen and oxygen atoms in total. The van der Waals surface area contributed by atoms with Crippen LogP contribution in [0.5, 0.6) is 11.5 Å². The average molecular weight is 623 g/mol. The van der Waals surface area contributed by atoms with Crippen molar-refractivity contribution in [3.63, 3.8) is 0 Å². The fourth-order valence-corrected chi connectivity index (χ4v) is 5.05. The van der Waals surface area contributed by atoms with Crippen molar-refractivity contribution in [1.82, 2.24) is 4.90 Å². The minimum Gasteiger partial charge on any atom is -0.493 e. The van der Waals surface area contributed by atoms with E-state index in [9.17, 15) is 19.2 Å².